The smallest absolute Gasteiger partial charge is 0.242 e. The second-order valence-corrected chi connectivity index (χ2v) is 9.91. The highest BCUT2D eigenvalue weighted by molar-refractivity contribution is 5.90. The van der Waals surface area contributed by atoms with Gasteiger partial charge < -0.3 is 20.3 Å². The maximum absolute atomic E-state index is 13.4. The fourth-order valence-corrected chi connectivity index (χ4v) is 4.79. The number of likely N-dealkylation sites (tertiary alicyclic amines) is 1. The lowest BCUT2D eigenvalue weighted by molar-refractivity contribution is -0.142. The molecule has 7 nitrogen and oxygen atoms in total. The third kappa shape index (κ3) is 6.71. The fraction of sp³-hybridized carbons (Fsp3) is 0.654. The van der Waals surface area contributed by atoms with Crippen LogP contribution in [0.3, 0.4) is 0 Å². The molecule has 33 heavy (non-hydrogen) atoms. The molecule has 2 aliphatic heterocycles. The summed E-state index contributed by atoms with van der Waals surface area (Å²) in [6.45, 7) is 7.76. The molecule has 0 bridgehead atoms. The first-order valence-corrected chi connectivity index (χ1v) is 12.4. The molecule has 0 saturated carbocycles. The van der Waals surface area contributed by atoms with Gasteiger partial charge in [0.15, 0.2) is 0 Å². The van der Waals surface area contributed by atoms with Gasteiger partial charge in [0.05, 0.1) is 12.0 Å². The van der Waals surface area contributed by atoms with Crippen molar-refractivity contribution >= 4 is 17.7 Å². The Morgan fingerprint density at radius 2 is 1.88 bits per heavy atom. The number of fused-ring (bicyclic) bond motifs is 1. The Bertz CT molecular complexity index is 831. The van der Waals surface area contributed by atoms with Gasteiger partial charge in [-0.3, -0.25) is 14.4 Å². The number of nitrogens with one attached hydrogen (secondary N) is 2. The van der Waals surface area contributed by atoms with Crippen molar-refractivity contribution < 1.29 is 19.1 Å². The molecule has 1 spiro atoms. The molecular weight excluding hydrogens is 418 g/mol. The number of piperidine rings is 1. The average molecular weight is 458 g/mol. The van der Waals surface area contributed by atoms with Crippen LogP contribution in [0.1, 0.15) is 64.9 Å². The van der Waals surface area contributed by atoms with Crippen LogP contribution in [0, 0.1) is 11.3 Å². The maximum atomic E-state index is 13.4. The number of aryl methyl sites for hydroxylation is 1. The molecule has 1 aromatic carbocycles. The monoisotopic (exact) mass is 457 g/mol. The van der Waals surface area contributed by atoms with Crippen molar-refractivity contribution in [2.45, 2.75) is 71.8 Å². The molecule has 2 aliphatic rings. The summed E-state index contributed by atoms with van der Waals surface area (Å²) in [5.74, 6) is 1.07. The Kier molecular flexibility index (Phi) is 8.75. The number of rotatable bonds is 2. The van der Waals surface area contributed by atoms with E-state index in [0.29, 0.717) is 51.4 Å². The van der Waals surface area contributed by atoms with Crippen LogP contribution >= 0.6 is 0 Å². The summed E-state index contributed by atoms with van der Waals surface area (Å²) >= 11 is 0. The predicted octanol–water partition coefficient (Wildman–Crippen LogP) is 3.07. The highest BCUT2D eigenvalue weighted by atomic mass is 16.5. The largest absolute Gasteiger partial charge is 0.491 e. The zero-order valence-corrected chi connectivity index (χ0v) is 20.3. The molecule has 0 radical (unpaired) electrons. The standard InChI is InChI=1S/C26H39N3O4/c1-19(2)18-23(30)29-15-12-26(13-16-29)11-7-6-9-21-8-4-5-10-22(21)33-17-14-27-24(31)20(3)28-25(26)32/h4-5,8,10,19-20H,6-7,9,11-18H2,1-3H3,(H,27,31)(H,28,32)/t20-/m0/s1. The molecule has 3 rings (SSSR count). The molecule has 182 valence electrons. The topological polar surface area (TPSA) is 87.7 Å². The van der Waals surface area contributed by atoms with Gasteiger partial charge in [0, 0.05) is 19.5 Å². The minimum absolute atomic E-state index is 0.0624. The van der Waals surface area contributed by atoms with Crippen LogP contribution in [-0.4, -0.2) is 54.9 Å². The van der Waals surface area contributed by atoms with Gasteiger partial charge in [0.1, 0.15) is 18.4 Å². The van der Waals surface area contributed by atoms with Gasteiger partial charge in [0.2, 0.25) is 17.7 Å². The van der Waals surface area contributed by atoms with Crippen LogP contribution in [0.15, 0.2) is 24.3 Å². The van der Waals surface area contributed by atoms with E-state index in [4.69, 9.17) is 4.74 Å². The Hall–Kier alpha value is -2.57. The molecule has 0 aromatic heterocycles. The molecule has 1 fully saturated rings. The first kappa shape index (κ1) is 25.1. The Balaban J connectivity index is 1.73. The van der Waals surface area contributed by atoms with E-state index in [1.54, 1.807) is 6.92 Å². The molecular formula is C26H39N3O4. The third-order valence-electron chi connectivity index (χ3n) is 6.86. The molecule has 1 atom stereocenters. The minimum Gasteiger partial charge on any atom is -0.491 e. The number of hydrogen-bond donors (Lipinski definition) is 2. The van der Waals surface area contributed by atoms with Crippen LogP contribution in [0.2, 0.25) is 0 Å². The molecule has 0 aliphatic carbocycles. The van der Waals surface area contributed by atoms with Gasteiger partial charge in [-0.25, -0.2) is 0 Å². The first-order valence-electron chi connectivity index (χ1n) is 12.4. The highest BCUT2D eigenvalue weighted by Crippen LogP contribution is 2.38. The number of para-hydroxylation sites is 1. The summed E-state index contributed by atoms with van der Waals surface area (Å²) in [6, 6.07) is 7.40. The number of benzene rings is 1. The molecule has 0 unspecified atom stereocenters. The van der Waals surface area contributed by atoms with E-state index in [1.807, 2.05) is 36.9 Å². The van der Waals surface area contributed by atoms with Crippen molar-refractivity contribution in [3.8, 4) is 5.75 Å². The number of carbonyl (C=O) groups excluding carboxylic acids is 3. The highest BCUT2D eigenvalue weighted by Gasteiger charge is 2.42. The van der Waals surface area contributed by atoms with Crippen LogP contribution in [0.5, 0.6) is 5.75 Å². The molecule has 7 heteroatoms. The van der Waals surface area contributed by atoms with Gasteiger partial charge in [-0.15, -0.1) is 0 Å². The lowest BCUT2D eigenvalue weighted by atomic mass is 9.73. The van der Waals surface area contributed by atoms with Crippen molar-refractivity contribution in [1.82, 2.24) is 15.5 Å². The lowest BCUT2D eigenvalue weighted by Gasteiger charge is -2.41. The first-order chi connectivity index (χ1) is 15.8. The van der Waals surface area contributed by atoms with E-state index in [-0.39, 0.29) is 17.7 Å². The number of hydrogen-bond acceptors (Lipinski definition) is 4. The average Bonchev–Trinajstić information content (AvgIpc) is 2.79. The summed E-state index contributed by atoms with van der Waals surface area (Å²) in [4.78, 5) is 40.4. The molecule has 3 amide bonds. The zero-order chi connectivity index (χ0) is 23.8. The Morgan fingerprint density at radius 1 is 1.15 bits per heavy atom. The Morgan fingerprint density at radius 3 is 2.61 bits per heavy atom. The quantitative estimate of drug-likeness (QED) is 0.715. The van der Waals surface area contributed by atoms with E-state index < -0.39 is 11.5 Å². The summed E-state index contributed by atoms with van der Waals surface area (Å²) < 4.78 is 5.90. The predicted molar refractivity (Wildman–Crippen MR) is 128 cm³/mol. The second-order valence-electron chi connectivity index (χ2n) is 9.91. The molecule has 1 saturated heterocycles. The Labute approximate surface area is 197 Å². The zero-order valence-electron chi connectivity index (χ0n) is 20.3. The van der Waals surface area contributed by atoms with Gasteiger partial charge in [-0.05, 0) is 56.6 Å². The van der Waals surface area contributed by atoms with E-state index in [9.17, 15) is 14.4 Å². The third-order valence-corrected chi connectivity index (χ3v) is 6.86. The maximum Gasteiger partial charge on any atom is 0.242 e. The SMILES string of the molecule is CC(C)CC(=O)N1CCC2(CCCCc3ccccc3OCCNC(=O)[C@H](C)NC2=O)CC1. The molecule has 1 aromatic rings. The normalized spacial score (nSPS) is 22.4. The van der Waals surface area contributed by atoms with Crippen LogP contribution in [0.4, 0.5) is 0 Å². The van der Waals surface area contributed by atoms with Crippen molar-refractivity contribution in [1.29, 1.82) is 0 Å². The summed E-state index contributed by atoms with van der Waals surface area (Å²) in [5, 5.41) is 5.81. The summed E-state index contributed by atoms with van der Waals surface area (Å²) in [7, 11) is 0. The van der Waals surface area contributed by atoms with Gasteiger partial charge >= 0.3 is 0 Å². The van der Waals surface area contributed by atoms with Crippen molar-refractivity contribution in [3.05, 3.63) is 29.8 Å². The van der Waals surface area contributed by atoms with E-state index in [0.717, 1.165) is 37.0 Å². The van der Waals surface area contributed by atoms with Crippen LogP contribution < -0.4 is 15.4 Å². The number of ether oxygens (including phenoxy) is 1. The molecule has 2 N–H and O–H groups in total. The van der Waals surface area contributed by atoms with Gasteiger partial charge in [-0.1, -0.05) is 38.5 Å². The second kappa shape index (κ2) is 11.5. The summed E-state index contributed by atoms with van der Waals surface area (Å²) in [5.41, 5.74) is 0.610. The summed E-state index contributed by atoms with van der Waals surface area (Å²) in [6.07, 6.45) is 5.31. The van der Waals surface area contributed by atoms with Gasteiger partial charge in [0.25, 0.3) is 0 Å². The van der Waals surface area contributed by atoms with Crippen molar-refractivity contribution in [2.75, 3.05) is 26.2 Å². The lowest BCUT2D eigenvalue weighted by Crippen LogP contribution is -2.54. The van der Waals surface area contributed by atoms with Crippen LogP contribution in [-0.2, 0) is 20.8 Å². The van der Waals surface area contributed by atoms with E-state index >= 15 is 0 Å². The number of carbonyl (C=O) groups is 3. The van der Waals surface area contributed by atoms with E-state index in [2.05, 4.69) is 16.7 Å². The minimum atomic E-state index is -0.618. The number of nitrogens with zero attached hydrogens (tertiary/aromatic N) is 1. The van der Waals surface area contributed by atoms with Crippen LogP contribution in [0.25, 0.3) is 0 Å². The van der Waals surface area contributed by atoms with E-state index in [1.165, 1.54) is 0 Å². The van der Waals surface area contributed by atoms with Gasteiger partial charge in [-0.2, -0.15) is 0 Å². The van der Waals surface area contributed by atoms with Crippen molar-refractivity contribution in [3.63, 3.8) is 0 Å². The fourth-order valence-electron chi connectivity index (χ4n) is 4.79. The van der Waals surface area contributed by atoms with Crippen molar-refractivity contribution in [2.24, 2.45) is 11.3 Å². The molecule has 2 heterocycles. The number of amides is 3.